The van der Waals surface area contributed by atoms with Crippen LogP contribution in [0.15, 0.2) is 24.3 Å². The van der Waals surface area contributed by atoms with Crippen LogP contribution in [0.4, 0.5) is 0 Å². The van der Waals surface area contributed by atoms with E-state index in [1.165, 1.54) is 6.26 Å². The van der Waals surface area contributed by atoms with Crippen LogP contribution in [0.2, 0.25) is 0 Å². The monoisotopic (exact) mass is 213 g/mol. The van der Waals surface area contributed by atoms with Gasteiger partial charge in [-0.3, -0.25) is 0 Å². The summed E-state index contributed by atoms with van der Waals surface area (Å²) in [5.74, 6) is 0.185. The lowest BCUT2D eigenvalue weighted by atomic mass is 10.1. The first-order chi connectivity index (χ1) is 6.53. The fourth-order valence-electron chi connectivity index (χ4n) is 1.30. The molecule has 3 nitrogen and oxygen atoms in total. The fraction of sp³-hybridized carbons (Fsp3) is 0.400. The average molecular weight is 213 g/mol. The molecular formula is C10H15NO2S. The molecule has 0 aliphatic carbocycles. The Hall–Kier alpha value is -0.870. The van der Waals surface area contributed by atoms with Crippen LogP contribution in [-0.4, -0.2) is 20.4 Å². The summed E-state index contributed by atoms with van der Waals surface area (Å²) < 4.78 is 21.9. The van der Waals surface area contributed by atoms with Crippen LogP contribution in [0.25, 0.3) is 0 Å². The third-order valence-electron chi connectivity index (χ3n) is 2.08. The predicted molar refractivity (Wildman–Crippen MR) is 57.7 cm³/mol. The molecule has 0 amide bonds. The molecule has 0 aliphatic heterocycles. The van der Waals surface area contributed by atoms with Gasteiger partial charge in [-0.15, -0.1) is 0 Å². The van der Waals surface area contributed by atoms with Crippen molar-refractivity contribution in [2.75, 3.05) is 12.0 Å². The maximum atomic E-state index is 11.0. The van der Waals surface area contributed by atoms with Crippen molar-refractivity contribution >= 4 is 9.84 Å². The molecule has 2 N–H and O–H groups in total. The number of sulfone groups is 1. The average Bonchev–Trinajstić information content (AvgIpc) is 2.14. The summed E-state index contributed by atoms with van der Waals surface area (Å²) in [7, 11) is -2.89. The third-order valence-corrected chi connectivity index (χ3v) is 3.03. The second-order valence-electron chi connectivity index (χ2n) is 3.35. The Labute approximate surface area is 84.9 Å². The van der Waals surface area contributed by atoms with Crippen LogP contribution >= 0.6 is 0 Å². The molecule has 0 radical (unpaired) electrons. The summed E-state index contributed by atoms with van der Waals surface area (Å²) in [5.41, 5.74) is 7.59. The van der Waals surface area contributed by atoms with E-state index in [0.29, 0.717) is 13.0 Å². The van der Waals surface area contributed by atoms with E-state index in [9.17, 15) is 8.42 Å². The molecule has 0 unspecified atom stereocenters. The van der Waals surface area contributed by atoms with Crippen LogP contribution < -0.4 is 5.73 Å². The highest BCUT2D eigenvalue weighted by Crippen LogP contribution is 2.09. The van der Waals surface area contributed by atoms with E-state index in [1.54, 1.807) is 0 Å². The first kappa shape index (κ1) is 11.2. The van der Waals surface area contributed by atoms with Crippen molar-refractivity contribution in [2.45, 2.75) is 13.0 Å². The largest absolute Gasteiger partial charge is 0.326 e. The van der Waals surface area contributed by atoms with Crippen molar-refractivity contribution in [3.8, 4) is 0 Å². The predicted octanol–water partition coefficient (Wildman–Crippen LogP) is 0.732. The van der Waals surface area contributed by atoms with Crippen LogP contribution in [0.1, 0.15) is 11.1 Å². The fourth-order valence-corrected chi connectivity index (χ4v) is 1.89. The molecule has 0 aliphatic rings. The van der Waals surface area contributed by atoms with E-state index >= 15 is 0 Å². The Bertz CT molecular complexity index is 398. The molecule has 1 rings (SSSR count). The Balaban J connectivity index is 2.76. The Morgan fingerprint density at radius 2 is 1.79 bits per heavy atom. The number of aryl methyl sites for hydroxylation is 1. The van der Waals surface area contributed by atoms with Gasteiger partial charge in [0.2, 0.25) is 0 Å². The molecule has 0 spiro atoms. The number of hydrogen-bond donors (Lipinski definition) is 1. The Morgan fingerprint density at radius 1 is 1.21 bits per heavy atom. The topological polar surface area (TPSA) is 60.2 Å². The number of nitrogens with two attached hydrogens (primary N) is 1. The minimum atomic E-state index is -2.89. The molecule has 4 heteroatoms. The van der Waals surface area contributed by atoms with Gasteiger partial charge in [-0.25, -0.2) is 8.42 Å². The van der Waals surface area contributed by atoms with Crippen molar-refractivity contribution in [1.82, 2.24) is 0 Å². The quantitative estimate of drug-likeness (QED) is 0.802. The lowest BCUT2D eigenvalue weighted by molar-refractivity contribution is 0.601. The smallest absolute Gasteiger partial charge is 0.147 e. The summed E-state index contributed by atoms with van der Waals surface area (Å²) in [4.78, 5) is 0. The first-order valence-corrected chi connectivity index (χ1v) is 6.53. The van der Waals surface area contributed by atoms with Crippen molar-refractivity contribution in [3.63, 3.8) is 0 Å². The van der Waals surface area contributed by atoms with Crippen molar-refractivity contribution in [2.24, 2.45) is 5.73 Å². The zero-order valence-electron chi connectivity index (χ0n) is 8.23. The maximum Gasteiger partial charge on any atom is 0.147 e. The third kappa shape index (κ3) is 3.47. The van der Waals surface area contributed by atoms with Crippen LogP contribution in [0, 0.1) is 0 Å². The van der Waals surface area contributed by atoms with Gasteiger partial charge < -0.3 is 5.73 Å². The van der Waals surface area contributed by atoms with Gasteiger partial charge in [0, 0.05) is 12.8 Å². The molecule has 0 heterocycles. The minimum absolute atomic E-state index is 0.185. The number of rotatable bonds is 4. The van der Waals surface area contributed by atoms with Crippen molar-refractivity contribution in [1.29, 1.82) is 0 Å². The SMILES string of the molecule is CS(=O)(=O)CCc1ccccc1CN. The molecule has 1 aromatic rings. The Kier molecular flexibility index (Phi) is 3.66. The summed E-state index contributed by atoms with van der Waals surface area (Å²) in [6.07, 6.45) is 1.80. The lowest BCUT2D eigenvalue weighted by Gasteiger charge is -2.05. The molecule has 0 saturated heterocycles. The van der Waals surface area contributed by atoms with E-state index < -0.39 is 9.84 Å². The summed E-state index contributed by atoms with van der Waals surface area (Å²) in [6, 6.07) is 7.66. The minimum Gasteiger partial charge on any atom is -0.326 e. The molecule has 0 fully saturated rings. The second kappa shape index (κ2) is 4.57. The first-order valence-electron chi connectivity index (χ1n) is 4.47. The van der Waals surface area contributed by atoms with Gasteiger partial charge in [0.05, 0.1) is 5.75 Å². The number of benzene rings is 1. The maximum absolute atomic E-state index is 11.0. The van der Waals surface area contributed by atoms with Gasteiger partial charge in [0.1, 0.15) is 9.84 Å². The highest BCUT2D eigenvalue weighted by atomic mass is 32.2. The standard InChI is InChI=1S/C10H15NO2S/c1-14(12,13)7-6-9-4-2-3-5-10(9)8-11/h2-5H,6-8,11H2,1H3. The van der Waals surface area contributed by atoms with E-state index in [0.717, 1.165) is 11.1 Å². The van der Waals surface area contributed by atoms with E-state index in [1.807, 2.05) is 24.3 Å². The number of hydrogen-bond acceptors (Lipinski definition) is 3. The second-order valence-corrected chi connectivity index (χ2v) is 5.61. The summed E-state index contributed by atoms with van der Waals surface area (Å²) in [6.45, 7) is 0.458. The zero-order chi connectivity index (χ0) is 10.6. The molecular weight excluding hydrogens is 198 g/mol. The zero-order valence-corrected chi connectivity index (χ0v) is 9.05. The molecule has 0 atom stereocenters. The molecule has 0 aromatic heterocycles. The Morgan fingerprint density at radius 3 is 2.29 bits per heavy atom. The van der Waals surface area contributed by atoms with Gasteiger partial charge in [0.15, 0.2) is 0 Å². The molecule has 0 bridgehead atoms. The van der Waals surface area contributed by atoms with Crippen LogP contribution in [0.5, 0.6) is 0 Å². The van der Waals surface area contributed by atoms with Crippen LogP contribution in [-0.2, 0) is 22.8 Å². The van der Waals surface area contributed by atoms with Gasteiger partial charge >= 0.3 is 0 Å². The van der Waals surface area contributed by atoms with Crippen molar-refractivity contribution < 1.29 is 8.42 Å². The molecule has 0 saturated carbocycles. The van der Waals surface area contributed by atoms with Crippen molar-refractivity contribution in [3.05, 3.63) is 35.4 Å². The summed E-state index contributed by atoms with van der Waals surface area (Å²) in [5, 5.41) is 0. The van der Waals surface area contributed by atoms with E-state index in [2.05, 4.69) is 0 Å². The lowest BCUT2D eigenvalue weighted by Crippen LogP contribution is -2.09. The van der Waals surface area contributed by atoms with E-state index in [-0.39, 0.29) is 5.75 Å². The van der Waals surface area contributed by atoms with Gasteiger partial charge in [-0.05, 0) is 17.5 Å². The normalized spacial score (nSPS) is 11.6. The molecule has 78 valence electrons. The molecule has 1 aromatic carbocycles. The van der Waals surface area contributed by atoms with Gasteiger partial charge in [-0.1, -0.05) is 24.3 Å². The molecule has 14 heavy (non-hydrogen) atoms. The van der Waals surface area contributed by atoms with E-state index in [4.69, 9.17) is 5.73 Å². The van der Waals surface area contributed by atoms with Gasteiger partial charge in [-0.2, -0.15) is 0 Å². The highest BCUT2D eigenvalue weighted by Gasteiger charge is 2.05. The van der Waals surface area contributed by atoms with Gasteiger partial charge in [0.25, 0.3) is 0 Å². The van der Waals surface area contributed by atoms with Crippen LogP contribution in [0.3, 0.4) is 0 Å². The highest BCUT2D eigenvalue weighted by molar-refractivity contribution is 7.90. The summed E-state index contributed by atoms with van der Waals surface area (Å²) >= 11 is 0.